The predicted molar refractivity (Wildman–Crippen MR) is 82.0 cm³/mol. The zero-order chi connectivity index (χ0) is 13.1. The smallest absolute Gasteiger partial charge is 0.0616 e. The van der Waals surface area contributed by atoms with E-state index >= 15 is 0 Å². The van der Waals surface area contributed by atoms with Crippen LogP contribution in [0.1, 0.15) is 44.4 Å². The molecule has 1 N–H and O–H groups in total. The first-order valence-corrected chi connectivity index (χ1v) is 8.65. The van der Waals surface area contributed by atoms with Crippen molar-refractivity contribution in [2.75, 3.05) is 0 Å². The molecule has 0 amide bonds. The van der Waals surface area contributed by atoms with E-state index in [4.69, 9.17) is 0 Å². The highest BCUT2D eigenvalue weighted by Crippen LogP contribution is 2.36. The number of halogens is 1. The number of rotatable bonds is 4. The van der Waals surface area contributed by atoms with Crippen molar-refractivity contribution in [2.45, 2.75) is 52.1 Å². The molecule has 1 aromatic heterocycles. The summed E-state index contributed by atoms with van der Waals surface area (Å²) in [5.41, 5.74) is 0. The fraction of sp³-hybridized carbons (Fsp3) is 0.733. The Morgan fingerprint density at radius 3 is 2.39 bits per heavy atom. The molecule has 0 aromatic carbocycles. The Labute approximate surface area is 123 Å². The lowest BCUT2D eigenvalue weighted by Crippen LogP contribution is -2.28. The van der Waals surface area contributed by atoms with E-state index in [0.29, 0.717) is 5.92 Å². The van der Waals surface area contributed by atoms with E-state index in [9.17, 15) is 5.11 Å². The summed E-state index contributed by atoms with van der Waals surface area (Å²) in [5, 5.41) is 12.5. The molecule has 0 aliphatic heterocycles. The number of hydrogen-bond donors (Lipinski definition) is 1. The van der Waals surface area contributed by atoms with Crippen molar-refractivity contribution in [3.05, 3.63) is 20.8 Å². The molecule has 18 heavy (non-hydrogen) atoms. The zero-order valence-electron chi connectivity index (χ0n) is 11.2. The Morgan fingerprint density at radius 1 is 1.28 bits per heavy atom. The largest absolute Gasteiger partial charge is 0.392 e. The van der Waals surface area contributed by atoms with Crippen molar-refractivity contribution in [1.82, 2.24) is 0 Å². The maximum Gasteiger partial charge on any atom is 0.0616 e. The number of aliphatic hydroxyl groups excluding tert-OH is 1. The molecule has 1 fully saturated rings. The van der Waals surface area contributed by atoms with Gasteiger partial charge in [-0.3, -0.25) is 0 Å². The molecule has 1 aliphatic carbocycles. The van der Waals surface area contributed by atoms with Gasteiger partial charge in [-0.2, -0.15) is 0 Å². The van der Waals surface area contributed by atoms with Crippen molar-refractivity contribution in [3.8, 4) is 0 Å². The third kappa shape index (κ3) is 3.58. The molecule has 1 saturated carbocycles. The van der Waals surface area contributed by atoms with Crippen LogP contribution in [0.2, 0.25) is 0 Å². The normalized spacial score (nSPS) is 26.5. The van der Waals surface area contributed by atoms with Crippen LogP contribution in [0.3, 0.4) is 0 Å². The highest BCUT2D eigenvalue weighted by Gasteiger charge is 2.28. The van der Waals surface area contributed by atoms with E-state index in [-0.39, 0.29) is 6.10 Å². The van der Waals surface area contributed by atoms with Crippen molar-refractivity contribution in [3.63, 3.8) is 0 Å². The predicted octanol–water partition coefficient (Wildman–Crippen LogP) is 4.88. The third-order valence-electron chi connectivity index (χ3n) is 4.39. The fourth-order valence-corrected chi connectivity index (χ4v) is 4.59. The topological polar surface area (TPSA) is 20.2 Å². The van der Waals surface area contributed by atoms with E-state index in [1.54, 1.807) is 11.3 Å². The molecule has 0 bridgehead atoms. The zero-order valence-corrected chi connectivity index (χ0v) is 13.6. The van der Waals surface area contributed by atoms with E-state index < -0.39 is 0 Å². The molecule has 1 unspecified atom stereocenters. The van der Waals surface area contributed by atoms with Crippen LogP contribution in [0.5, 0.6) is 0 Å². The van der Waals surface area contributed by atoms with Gasteiger partial charge in [0.15, 0.2) is 0 Å². The molecule has 0 radical (unpaired) electrons. The van der Waals surface area contributed by atoms with Crippen LogP contribution >= 0.6 is 27.3 Å². The van der Waals surface area contributed by atoms with Crippen LogP contribution in [-0.2, 0) is 6.42 Å². The second-order valence-electron chi connectivity index (χ2n) is 5.88. The molecule has 102 valence electrons. The van der Waals surface area contributed by atoms with Gasteiger partial charge in [0.1, 0.15) is 0 Å². The quantitative estimate of drug-likeness (QED) is 0.834. The summed E-state index contributed by atoms with van der Waals surface area (Å²) in [5.74, 6) is 2.19. The second-order valence-corrected chi connectivity index (χ2v) is 7.74. The highest BCUT2D eigenvalue weighted by molar-refractivity contribution is 9.10. The monoisotopic (exact) mass is 330 g/mol. The summed E-state index contributed by atoms with van der Waals surface area (Å²) in [6, 6.07) is 2.07. The van der Waals surface area contributed by atoms with Gasteiger partial charge >= 0.3 is 0 Å². The maximum absolute atomic E-state index is 10.4. The van der Waals surface area contributed by atoms with Gasteiger partial charge in [-0.25, -0.2) is 0 Å². The molecule has 1 nitrogen and oxygen atoms in total. The van der Waals surface area contributed by atoms with Gasteiger partial charge in [-0.15, -0.1) is 11.3 Å². The van der Waals surface area contributed by atoms with Gasteiger partial charge in [0.2, 0.25) is 0 Å². The molecule has 3 heteroatoms. The first kappa shape index (κ1) is 14.5. The Kier molecular flexibility index (Phi) is 5.28. The molecule has 2 rings (SSSR count). The first-order chi connectivity index (χ1) is 8.58. The van der Waals surface area contributed by atoms with Crippen molar-refractivity contribution in [2.24, 2.45) is 17.8 Å². The average molecular weight is 331 g/mol. The molecule has 1 aromatic rings. The lowest BCUT2D eigenvalue weighted by molar-refractivity contribution is 0.0680. The summed E-state index contributed by atoms with van der Waals surface area (Å²) in [7, 11) is 0. The minimum Gasteiger partial charge on any atom is -0.392 e. The summed E-state index contributed by atoms with van der Waals surface area (Å²) >= 11 is 5.29. The minimum atomic E-state index is -0.159. The van der Waals surface area contributed by atoms with E-state index in [0.717, 1.165) is 22.7 Å². The lowest BCUT2D eigenvalue weighted by atomic mass is 9.75. The lowest BCUT2D eigenvalue weighted by Gasteiger charge is -2.33. The van der Waals surface area contributed by atoms with Crippen molar-refractivity contribution >= 4 is 27.3 Å². The van der Waals surface area contributed by atoms with E-state index in [1.165, 1.54) is 30.6 Å². The fourth-order valence-electron chi connectivity index (χ4n) is 3.02. The molecule has 0 saturated heterocycles. The Morgan fingerprint density at radius 2 is 1.89 bits per heavy atom. The number of aliphatic hydroxyl groups is 1. The minimum absolute atomic E-state index is 0.159. The van der Waals surface area contributed by atoms with Crippen LogP contribution in [0.4, 0.5) is 0 Å². The van der Waals surface area contributed by atoms with Gasteiger partial charge in [-0.1, -0.05) is 13.8 Å². The van der Waals surface area contributed by atoms with Gasteiger partial charge in [-0.05, 0) is 70.8 Å². The van der Waals surface area contributed by atoms with Crippen LogP contribution in [0.25, 0.3) is 0 Å². The van der Waals surface area contributed by atoms with Gasteiger partial charge in [0.25, 0.3) is 0 Å². The third-order valence-corrected chi connectivity index (χ3v) is 6.34. The van der Waals surface area contributed by atoms with Gasteiger partial charge < -0.3 is 5.11 Å². The molecular formula is C15H23BrOS. The van der Waals surface area contributed by atoms with Crippen LogP contribution in [0, 0.1) is 17.8 Å². The van der Waals surface area contributed by atoms with E-state index in [1.807, 2.05) is 0 Å². The summed E-state index contributed by atoms with van der Waals surface area (Å²) < 4.78 is 1.16. The second kappa shape index (κ2) is 6.53. The Hall–Kier alpha value is 0.140. The molecule has 0 spiro atoms. The van der Waals surface area contributed by atoms with Gasteiger partial charge in [0.05, 0.1) is 6.10 Å². The Balaban J connectivity index is 1.84. The van der Waals surface area contributed by atoms with Crippen LogP contribution < -0.4 is 0 Å². The number of hydrogen-bond acceptors (Lipinski definition) is 2. The standard InChI is InChI=1S/C15H23BrOS/c1-10(2)11-3-5-12(6-4-11)14(17)9-15-13(16)7-8-18-15/h7-8,10-12,14,17H,3-6,9H2,1-2H3. The molecule has 1 heterocycles. The first-order valence-electron chi connectivity index (χ1n) is 6.98. The van der Waals surface area contributed by atoms with Crippen LogP contribution in [0.15, 0.2) is 15.9 Å². The summed E-state index contributed by atoms with van der Waals surface area (Å²) in [6.45, 7) is 4.65. The SMILES string of the molecule is CC(C)C1CCC(C(O)Cc2sccc2Br)CC1. The molecule has 1 atom stereocenters. The summed E-state index contributed by atoms with van der Waals surface area (Å²) in [6.07, 6.45) is 5.65. The van der Waals surface area contributed by atoms with Crippen LogP contribution in [-0.4, -0.2) is 11.2 Å². The molecular weight excluding hydrogens is 308 g/mol. The average Bonchev–Trinajstić information content (AvgIpc) is 2.75. The number of thiophene rings is 1. The van der Waals surface area contributed by atoms with Crippen molar-refractivity contribution in [1.29, 1.82) is 0 Å². The van der Waals surface area contributed by atoms with E-state index in [2.05, 4.69) is 41.2 Å². The summed E-state index contributed by atoms with van der Waals surface area (Å²) in [4.78, 5) is 1.29. The Bertz CT molecular complexity index is 366. The van der Waals surface area contributed by atoms with Crippen molar-refractivity contribution < 1.29 is 5.11 Å². The highest BCUT2D eigenvalue weighted by atomic mass is 79.9. The van der Waals surface area contributed by atoms with Gasteiger partial charge in [0, 0.05) is 15.8 Å². The molecule has 1 aliphatic rings. The maximum atomic E-state index is 10.4.